The molecule has 1 amide bonds. The van der Waals surface area contributed by atoms with Crippen molar-refractivity contribution in [1.82, 2.24) is 14.5 Å². The Morgan fingerprint density at radius 1 is 1.07 bits per heavy atom. The van der Waals surface area contributed by atoms with E-state index in [9.17, 15) is 13.2 Å². The summed E-state index contributed by atoms with van der Waals surface area (Å²) in [6.07, 6.45) is 7.41. The molecule has 2 aliphatic heterocycles. The second kappa shape index (κ2) is 11.1. The van der Waals surface area contributed by atoms with Gasteiger partial charge in [0.1, 0.15) is 5.75 Å². The first kappa shape index (κ1) is 23.0. The maximum absolute atomic E-state index is 12.8. The SMILES string of the molecule is COc1ccc(S(=O)(=O)N2CCCC2)cc1CCC(=O)NCCCN1CCCCC1. The Morgan fingerprint density at radius 2 is 1.77 bits per heavy atom. The molecule has 1 aromatic rings. The number of amides is 1. The molecule has 2 saturated heterocycles. The molecule has 2 fully saturated rings. The quantitative estimate of drug-likeness (QED) is 0.569. The van der Waals surface area contributed by atoms with Gasteiger partial charge in [-0.15, -0.1) is 0 Å². The minimum atomic E-state index is -3.48. The zero-order valence-electron chi connectivity index (χ0n) is 18.1. The van der Waals surface area contributed by atoms with Crippen molar-refractivity contribution in [1.29, 1.82) is 0 Å². The van der Waals surface area contributed by atoms with E-state index in [1.54, 1.807) is 25.3 Å². The number of nitrogens with one attached hydrogen (secondary N) is 1. The molecule has 2 aliphatic rings. The average molecular weight is 438 g/mol. The van der Waals surface area contributed by atoms with Crippen LogP contribution < -0.4 is 10.1 Å². The van der Waals surface area contributed by atoms with Crippen LogP contribution in [0.25, 0.3) is 0 Å². The summed E-state index contributed by atoms with van der Waals surface area (Å²) in [5, 5.41) is 2.99. The number of rotatable bonds is 10. The minimum absolute atomic E-state index is 0.0106. The van der Waals surface area contributed by atoms with Crippen LogP contribution in [0.5, 0.6) is 5.75 Å². The lowest BCUT2D eigenvalue weighted by Gasteiger charge is -2.26. The first-order valence-corrected chi connectivity index (χ1v) is 12.6. The van der Waals surface area contributed by atoms with Gasteiger partial charge < -0.3 is 15.0 Å². The van der Waals surface area contributed by atoms with Crippen molar-refractivity contribution in [3.8, 4) is 5.75 Å². The van der Waals surface area contributed by atoms with Crippen molar-refractivity contribution in [2.45, 2.75) is 56.3 Å². The molecule has 0 bridgehead atoms. The molecule has 168 valence electrons. The zero-order valence-corrected chi connectivity index (χ0v) is 18.9. The summed E-state index contributed by atoms with van der Waals surface area (Å²) in [5.41, 5.74) is 0.751. The first-order valence-electron chi connectivity index (χ1n) is 11.2. The highest BCUT2D eigenvalue weighted by Crippen LogP contribution is 2.27. The van der Waals surface area contributed by atoms with Crippen molar-refractivity contribution >= 4 is 15.9 Å². The maximum atomic E-state index is 12.8. The van der Waals surface area contributed by atoms with Gasteiger partial charge in [-0.2, -0.15) is 4.31 Å². The van der Waals surface area contributed by atoms with Crippen molar-refractivity contribution < 1.29 is 17.9 Å². The van der Waals surface area contributed by atoms with Crippen molar-refractivity contribution in [3.05, 3.63) is 23.8 Å². The molecule has 1 aromatic carbocycles. The fraction of sp³-hybridized carbons (Fsp3) is 0.682. The van der Waals surface area contributed by atoms with Crippen LogP contribution in [-0.2, 0) is 21.2 Å². The molecule has 8 heteroatoms. The molecule has 0 aliphatic carbocycles. The van der Waals surface area contributed by atoms with Gasteiger partial charge in [0.15, 0.2) is 0 Å². The third kappa shape index (κ3) is 6.18. The Kier molecular flexibility index (Phi) is 8.53. The number of hydrogen-bond donors (Lipinski definition) is 1. The van der Waals surface area contributed by atoms with Crippen molar-refractivity contribution in [2.24, 2.45) is 0 Å². The van der Waals surface area contributed by atoms with Crippen LogP contribution in [0, 0.1) is 0 Å². The first-order chi connectivity index (χ1) is 14.5. The van der Waals surface area contributed by atoms with E-state index >= 15 is 0 Å². The van der Waals surface area contributed by atoms with Gasteiger partial charge in [0, 0.05) is 26.1 Å². The summed E-state index contributed by atoms with van der Waals surface area (Å²) in [6.45, 7) is 5.20. The normalized spacial score (nSPS) is 18.4. The van der Waals surface area contributed by atoms with E-state index in [0.29, 0.717) is 38.2 Å². The van der Waals surface area contributed by atoms with E-state index in [4.69, 9.17) is 4.74 Å². The monoisotopic (exact) mass is 437 g/mol. The molecule has 0 spiro atoms. The van der Waals surface area contributed by atoms with Crippen LogP contribution in [-0.4, -0.2) is 69.9 Å². The van der Waals surface area contributed by atoms with Crippen LogP contribution in [0.3, 0.4) is 0 Å². The van der Waals surface area contributed by atoms with Gasteiger partial charge in [-0.25, -0.2) is 8.42 Å². The Bertz CT molecular complexity index is 801. The van der Waals surface area contributed by atoms with E-state index in [1.165, 1.54) is 36.7 Å². The molecular formula is C22H35N3O4S. The Hall–Kier alpha value is -1.64. The minimum Gasteiger partial charge on any atom is -0.496 e. The van der Waals surface area contributed by atoms with Crippen LogP contribution in [0.2, 0.25) is 0 Å². The number of carbonyl (C=O) groups is 1. The highest BCUT2D eigenvalue weighted by Gasteiger charge is 2.27. The lowest BCUT2D eigenvalue weighted by atomic mass is 10.1. The van der Waals surface area contributed by atoms with Crippen LogP contribution in [0.4, 0.5) is 0 Å². The van der Waals surface area contributed by atoms with Gasteiger partial charge in [-0.1, -0.05) is 6.42 Å². The highest BCUT2D eigenvalue weighted by atomic mass is 32.2. The molecule has 3 rings (SSSR count). The number of piperidine rings is 1. The fourth-order valence-electron chi connectivity index (χ4n) is 4.24. The van der Waals surface area contributed by atoms with Gasteiger partial charge in [0.05, 0.1) is 12.0 Å². The van der Waals surface area contributed by atoms with Gasteiger partial charge in [-0.05, 0) is 81.9 Å². The molecule has 0 saturated carbocycles. The Balaban J connectivity index is 1.50. The molecule has 2 heterocycles. The molecule has 0 radical (unpaired) electrons. The molecule has 30 heavy (non-hydrogen) atoms. The van der Waals surface area contributed by atoms with Gasteiger partial charge in [0.2, 0.25) is 15.9 Å². The van der Waals surface area contributed by atoms with E-state index in [0.717, 1.165) is 31.4 Å². The van der Waals surface area contributed by atoms with Crippen LogP contribution in [0.1, 0.15) is 50.5 Å². The number of hydrogen-bond acceptors (Lipinski definition) is 5. The van der Waals surface area contributed by atoms with Crippen LogP contribution in [0.15, 0.2) is 23.1 Å². The highest BCUT2D eigenvalue weighted by molar-refractivity contribution is 7.89. The Labute approximate surface area is 180 Å². The maximum Gasteiger partial charge on any atom is 0.243 e. The third-order valence-corrected chi connectivity index (χ3v) is 7.89. The molecule has 1 N–H and O–H groups in total. The second-order valence-corrected chi connectivity index (χ2v) is 10.1. The van der Waals surface area contributed by atoms with E-state index in [-0.39, 0.29) is 10.8 Å². The predicted molar refractivity (Wildman–Crippen MR) is 117 cm³/mol. The number of ether oxygens (including phenoxy) is 1. The molecule has 0 atom stereocenters. The zero-order chi connectivity index (χ0) is 21.4. The van der Waals surface area contributed by atoms with Gasteiger partial charge in [0.25, 0.3) is 0 Å². The smallest absolute Gasteiger partial charge is 0.243 e. The van der Waals surface area contributed by atoms with Gasteiger partial charge >= 0.3 is 0 Å². The average Bonchev–Trinajstić information content (AvgIpc) is 3.32. The molecular weight excluding hydrogens is 402 g/mol. The summed E-state index contributed by atoms with van der Waals surface area (Å²) in [5.74, 6) is 0.608. The molecule has 0 unspecified atom stereocenters. The summed E-state index contributed by atoms with van der Waals surface area (Å²) in [4.78, 5) is 15.0. The van der Waals surface area contributed by atoms with Crippen molar-refractivity contribution in [2.75, 3.05) is 46.4 Å². The molecule has 0 aromatic heterocycles. The topological polar surface area (TPSA) is 79.0 Å². The summed E-state index contributed by atoms with van der Waals surface area (Å²) >= 11 is 0. The second-order valence-electron chi connectivity index (χ2n) is 8.19. The standard InChI is InChI=1S/C22H35N3O4S/c1-29-21-10-9-20(30(27,28)25-16-5-6-17-25)18-19(21)8-11-22(26)23-12-7-15-24-13-3-2-4-14-24/h9-10,18H,2-8,11-17H2,1H3,(H,23,26). The molecule has 7 nitrogen and oxygen atoms in total. The third-order valence-electron chi connectivity index (χ3n) is 6.00. The summed E-state index contributed by atoms with van der Waals surface area (Å²) in [6, 6.07) is 4.95. The summed E-state index contributed by atoms with van der Waals surface area (Å²) in [7, 11) is -1.92. The number of likely N-dealkylation sites (tertiary alicyclic amines) is 1. The van der Waals surface area contributed by atoms with E-state index < -0.39 is 10.0 Å². The van der Waals surface area contributed by atoms with Crippen LogP contribution >= 0.6 is 0 Å². The number of carbonyl (C=O) groups excluding carboxylic acids is 1. The van der Waals surface area contributed by atoms with Gasteiger partial charge in [-0.3, -0.25) is 4.79 Å². The van der Waals surface area contributed by atoms with E-state index in [1.807, 2.05) is 0 Å². The van der Waals surface area contributed by atoms with E-state index in [2.05, 4.69) is 10.2 Å². The number of methoxy groups -OCH3 is 1. The number of benzene rings is 1. The van der Waals surface area contributed by atoms with Crippen molar-refractivity contribution in [3.63, 3.8) is 0 Å². The number of sulfonamides is 1. The summed E-state index contributed by atoms with van der Waals surface area (Å²) < 4.78 is 32.6. The number of aryl methyl sites for hydroxylation is 1. The predicted octanol–water partition coefficient (Wildman–Crippen LogP) is 2.40. The fourth-order valence-corrected chi connectivity index (χ4v) is 5.81. The number of nitrogens with zero attached hydrogens (tertiary/aromatic N) is 2. The lowest BCUT2D eigenvalue weighted by molar-refractivity contribution is -0.121. The largest absolute Gasteiger partial charge is 0.496 e. The lowest BCUT2D eigenvalue weighted by Crippen LogP contribution is -2.33. The Morgan fingerprint density at radius 3 is 2.47 bits per heavy atom.